The van der Waals surface area contributed by atoms with E-state index >= 15 is 0 Å². The summed E-state index contributed by atoms with van der Waals surface area (Å²) in [6.07, 6.45) is 3.14. The monoisotopic (exact) mass is 309 g/mol. The predicted molar refractivity (Wildman–Crippen MR) is 80.5 cm³/mol. The maximum atomic E-state index is 12.6. The summed E-state index contributed by atoms with van der Waals surface area (Å²) in [6.45, 7) is 6.62. The highest BCUT2D eigenvalue weighted by Crippen LogP contribution is 2.21. The van der Waals surface area contributed by atoms with Crippen molar-refractivity contribution in [2.75, 3.05) is 11.3 Å². The fourth-order valence-electron chi connectivity index (χ4n) is 2.01. The van der Waals surface area contributed by atoms with Gasteiger partial charge in [0, 0.05) is 12.7 Å². The molecular formula is C13H19N5O2S. The number of aromatic nitrogens is 3. The lowest BCUT2D eigenvalue weighted by Gasteiger charge is -2.09. The summed E-state index contributed by atoms with van der Waals surface area (Å²) < 4.78 is 27.6. The number of rotatable bonds is 6. The number of hydrogen-bond donors (Lipinski definition) is 3. The van der Waals surface area contributed by atoms with Gasteiger partial charge in [0.15, 0.2) is 0 Å². The average Bonchev–Trinajstić information content (AvgIpc) is 2.77. The van der Waals surface area contributed by atoms with E-state index in [1.54, 1.807) is 19.2 Å². The summed E-state index contributed by atoms with van der Waals surface area (Å²) in [6, 6.07) is 1.73. The molecule has 2 rings (SSSR count). The molecule has 3 N–H and O–H groups in total. The molecule has 0 saturated heterocycles. The van der Waals surface area contributed by atoms with Gasteiger partial charge in [0.25, 0.3) is 10.0 Å². The number of hydrogen-bond acceptors (Lipinski definition) is 5. The molecule has 8 heteroatoms. The standard InChI is InChI=1S/C13H19N5O2S/c1-4-14-8-12-13(10(3)16-17-12)21(19,20)18-11-5-9(2)6-15-7-11/h5-7,14,18H,4,8H2,1-3H3,(H,16,17). The van der Waals surface area contributed by atoms with Crippen LogP contribution in [0.15, 0.2) is 23.4 Å². The Bertz CT molecular complexity index is 724. The number of aromatic amines is 1. The predicted octanol–water partition coefficient (Wildman–Crippen LogP) is 1.33. The van der Waals surface area contributed by atoms with Crippen LogP contribution in [0.5, 0.6) is 0 Å². The van der Waals surface area contributed by atoms with Gasteiger partial charge in [-0.3, -0.25) is 14.8 Å². The number of H-pyrrole nitrogens is 1. The smallest absolute Gasteiger partial charge is 0.265 e. The zero-order chi connectivity index (χ0) is 15.5. The highest BCUT2D eigenvalue weighted by molar-refractivity contribution is 7.92. The molecule has 0 aliphatic rings. The molecule has 2 aromatic heterocycles. The molecule has 0 saturated carbocycles. The van der Waals surface area contributed by atoms with Gasteiger partial charge in [-0.05, 0) is 32.0 Å². The summed E-state index contributed by atoms with van der Waals surface area (Å²) in [5.41, 5.74) is 2.30. The summed E-state index contributed by atoms with van der Waals surface area (Å²) >= 11 is 0. The fraction of sp³-hybridized carbons (Fsp3) is 0.385. The SMILES string of the molecule is CCNCc1n[nH]c(C)c1S(=O)(=O)Nc1cncc(C)c1. The molecule has 0 spiro atoms. The largest absolute Gasteiger partial charge is 0.311 e. The Morgan fingerprint density at radius 1 is 1.29 bits per heavy atom. The highest BCUT2D eigenvalue weighted by Gasteiger charge is 2.24. The molecule has 2 heterocycles. The maximum absolute atomic E-state index is 12.6. The highest BCUT2D eigenvalue weighted by atomic mass is 32.2. The first-order chi connectivity index (χ1) is 9.94. The molecule has 0 aliphatic heterocycles. The normalized spacial score (nSPS) is 11.6. The Morgan fingerprint density at radius 2 is 2.05 bits per heavy atom. The van der Waals surface area contributed by atoms with E-state index in [0.717, 1.165) is 12.1 Å². The number of pyridine rings is 1. The number of nitrogens with zero attached hydrogens (tertiary/aromatic N) is 2. The van der Waals surface area contributed by atoms with Crippen molar-refractivity contribution < 1.29 is 8.42 Å². The van der Waals surface area contributed by atoms with Gasteiger partial charge >= 0.3 is 0 Å². The second-order valence-electron chi connectivity index (χ2n) is 4.76. The van der Waals surface area contributed by atoms with Crippen LogP contribution in [-0.4, -0.2) is 30.1 Å². The van der Waals surface area contributed by atoms with Crippen LogP contribution in [0.25, 0.3) is 0 Å². The number of anilines is 1. The summed E-state index contributed by atoms with van der Waals surface area (Å²) in [5.74, 6) is 0. The van der Waals surface area contributed by atoms with Crippen LogP contribution < -0.4 is 10.0 Å². The first-order valence-corrected chi connectivity index (χ1v) is 8.11. The van der Waals surface area contributed by atoms with Crippen molar-refractivity contribution in [2.24, 2.45) is 0 Å². The van der Waals surface area contributed by atoms with E-state index in [1.807, 2.05) is 13.8 Å². The van der Waals surface area contributed by atoms with Crippen LogP contribution in [0.3, 0.4) is 0 Å². The third-order valence-corrected chi connectivity index (χ3v) is 4.48. The van der Waals surface area contributed by atoms with Gasteiger partial charge in [0.1, 0.15) is 4.90 Å². The Morgan fingerprint density at radius 3 is 2.71 bits per heavy atom. The molecule has 7 nitrogen and oxygen atoms in total. The average molecular weight is 309 g/mol. The van der Waals surface area contributed by atoms with Crippen molar-refractivity contribution in [3.05, 3.63) is 35.4 Å². The zero-order valence-corrected chi connectivity index (χ0v) is 13.1. The van der Waals surface area contributed by atoms with Crippen LogP contribution in [0.2, 0.25) is 0 Å². The van der Waals surface area contributed by atoms with Gasteiger partial charge < -0.3 is 5.32 Å². The minimum atomic E-state index is -3.70. The Kier molecular flexibility index (Phi) is 4.59. The van der Waals surface area contributed by atoms with Crippen LogP contribution in [-0.2, 0) is 16.6 Å². The number of aryl methyl sites for hydroxylation is 2. The van der Waals surface area contributed by atoms with Gasteiger partial charge in [-0.1, -0.05) is 6.92 Å². The molecule has 0 atom stereocenters. The molecule has 0 bridgehead atoms. The summed E-state index contributed by atoms with van der Waals surface area (Å²) in [7, 11) is -3.70. The van der Waals surface area contributed by atoms with E-state index in [9.17, 15) is 8.42 Å². The lowest BCUT2D eigenvalue weighted by molar-refractivity contribution is 0.597. The molecule has 0 amide bonds. The second-order valence-corrected chi connectivity index (χ2v) is 6.38. The zero-order valence-electron chi connectivity index (χ0n) is 12.3. The fourth-order valence-corrected chi connectivity index (χ4v) is 3.41. The van der Waals surface area contributed by atoms with E-state index < -0.39 is 10.0 Å². The van der Waals surface area contributed by atoms with E-state index in [2.05, 4.69) is 25.2 Å². The lowest BCUT2D eigenvalue weighted by Crippen LogP contribution is -2.19. The maximum Gasteiger partial charge on any atom is 0.265 e. The third kappa shape index (κ3) is 3.59. The topological polar surface area (TPSA) is 99.8 Å². The third-order valence-electron chi connectivity index (χ3n) is 2.90. The van der Waals surface area contributed by atoms with Crippen LogP contribution in [0, 0.1) is 13.8 Å². The first kappa shape index (κ1) is 15.5. The van der Waals surface area contributed by atoms with E-state index in [4.69, 9.17) is 0 Å². The molecule has 2 aromatic rings. The van der Waals surface area contributed by atoms with Crippen LogP contribution in [0.1, 0.15) is 23.9 Å². The summed E-state index contributed by atoms with van der Waals surface area (Å²) in [5, 5.41) is 9.86. The number of sulfonamides is 1. The van der Waals surface area contributed by atoms with Gasteiger partial charge in [0.2, 0.25) is 0 Å². The molecule has 21 heavy (non-hydrogen) atoms. The van der Waals surface area contributed by atoms with Crippen LogP contribution in [0.4, 0.5) is 5.69 Å². The Balaban J connectivity index is 2.33. The lowest BCUT2D eigenvalue weighted by atomic mass is 10.3. The molecule has 114 valence electrons. The molecule has 0 fully saturated rings. The van der Waals surface area contributed by atoms with Crippen molar-refractivity contribution in [2.45, 2.75) is 32.2 Å². The Labute approximate surface area is 124 Å². The number of nitrogens with one attached hydrogen (secondary N) is 3. The quantitative estimate of drug-likeness (QED) is 0.747. The first-order valence-electron chi connectivity index (χ1n) is 6.63. The molecule has 0 radical (unpaired) electrons. The van der Waals surface area contributed by atoms with E-state index in [-0.39, 0.29) is 4.90 Å². The van der Waals surface area contributed by atoms with Gasteiger partial charge in [-0.15, -0.1) is 0 Å². The molecular weight excluding hydrogens is 290 g/mol. The summed E-state index contributed by atoms with van der Waals surface area (Å²) in [4.78, 5) is 4.17. The minimum Gasteiger partial charge on any atom is -0.311 e. The molecule has 0 aromatic carbocycles. The van der Waals surface area contributed by atoms with E-state index in [1.165, 1.54) is 6.20 Å². The van der Waals surface area contributed by atoms with Crippen molar-refractivity contribution in [3.8, 4) is 0 Å². The van der Waals surface area contributed by atoms with Crippen molar-refractivity contribution >= 4 is 15.7 Å². The molecule has 0 aliphatic carbocycles. The van der Waals surface area contributed by atoms with Gasteiger partial charge in [0.05, 0.1) is 23.3 Å². The van der Waals surface area contributed by atoms with Crippen molar-refractivity contribution in [1.82, 2.24) is 20.5 Å². The minimum absolute atomic E-state index is 0.185. The van der Waals surface area contributed by atoms with Crippen molar-refractivity contribution in [1.29, 1.82) is 0 Å². The van der Waals surface area contributed by atoms with Gasteiger partial charge in [-0.25, -0.2) is 8.42 Å². The molecule has 0 unspecified atom stereocenters. The Hall–Kier alpha value is -1.93. The second kappa shape index (κ2) is 6.23. The van der Waals surface area contributed by atoms with E-state index in [0.29, 0.717) is 23.6 Å². The van der Waals surface area contributed by atoms with Crippen LogP contribution >= 0.6 is 0 Å². The van der Waals surface area contributed by atoms with Crippen molar-refractivity contribution in [3.63, 3.8) is 0 Å². The van der Waals surface area contributed by atoms with Gasteiger partial charge in [-0.2, -0.15) is 5.10 Å².